The van der Waals surface area contributed by atoms with Gasteiger partial charge in [0.2, 0.25) is 10.0 Å². The number of carbonyl (C=O) groups is 1. The Morgan fingerprint density at radius 1 is 1.41 bits per heavy atom. The lowest BCUT2D eigenvalue weighted by molar-refractivity contribution is 0.0696. The molecule has 0 amide bonds. The number of carboxylic acids is 1. The first kappa shape index (κ1) is 12.0. The summed E-state index contributed by atoms with van der Waals surface area (Å²) >= 11 is 0. The van der Waals surface area contributed by atoms with Crippen LogP contribution in [0.25, 0.3) is 0 Å². The minimum Gasteiger partial charge on any atom is -0.478 e. The average Bonchev–Trinajstić information content (AvgIpc) is 3.00. The van der Waals surface area contributed by atoms with Gasteiger partial charge in [0.25, 0.3) is 0 Å². The van der Waals surface area contributed by atoms with Crippen molar-refractivity contribution in [1.29, 1.82) is 0 Å². The molecule has 0 bridgehead atoms. The third-order valence-electron chi connectivity index (χ3n) is 2.37. The van der Waals surface area contributed by atoms with Crippen LogP contribution in [0.2, 0.25) is 0 Å². The fourth-order valence-electron chi connectivity index (χ4n) is 1.33. The van der Waals surface area contributed by atoms with Crippen LogP contribution in [0, 0.1) is 5.82 Å². The van der Waals surface area contributed by atoms with E-state index in [4.69, 9.17) is 5.11 Å². The third kappa shape index (κ3) is 2.62. The zero-order valence-electron chi connectivity index (χ0n) is 8.68. The number of nitrogens with one attached hydrogen (secondary N) is 1. The predicted octanol–water partition coefficient (Wildman–Crippen LogP) is 0.965. The number of hydrogen-bond acceptors (Lipinski definition) is 3. The highest BCUT2D eigenvalue weighted by Crippen LogP contribution is 2.23. The van der Waals surface area contributed by atoms with Crippen LogP contribution in [-0.4, -0.2) is 25.5 Å². The largest absolute Gasteiger partial charge is 0.478 e. The molecule has 1 saturated carbocycles. The second-order valence-electron chi connectivity index (χ2n) is 3.85. The fourth-order valence-corrected chi connectivity index (χ4v) is 2.73. The molecule has 17 heavy (non-hydrogen) atoms. The molecule has 1 aliphatic carbocycles. The van der Waals surface area contributed by atoms with Gasteiger partial charge in [-0.3, -0.25) is 0 Å². The molecule has 0 atom stereocenters. The van der Waals surface area contributed by atoms with Gasteiger partial charge in [0.05, 0.1) is 5.56 Å². The van der Waals surface area contributed by atoms with Gasteiger partial charge in [0.15, 0.2) is 0 Å². The van der Waals surface area contributed by atoms with E-state index < -0.39 is 26.7 Å². The quantitative estimate of drug-likeness (QED) is 0.843. The van der Waals surface area contributed by atoms with Gasteiger partial charge in [0.1, 0.15) is 10.7 Å². The van der Waals surface area contributed by atoms with Gasteiger partial charge in [-0.25, -0.2) is 22.3 Å². The minimum atomic E-state index is -3.97. The standard InChI is InChI=1S/C10H10FNO4S/c11-8-4-1-6(10(13)14)5-9(8)17(15,16)12-7-2-3-7/h1,4-5,7,12H,2-3H2,(H,13,14). The molecule has 1 aliphatic rings. The van der Waals surface area contributed by atoms with Crippen LogP contribution in [0.3, 0.4) is 0 Å². The maximum absolute atomic E-state index is 13.4. The molecule has 0 heterocycles. The molecule has 1 fully saturated rings. The summed E-state index contributed by atoms with van der Waals surface area (Å²) in [5, 5.41) is 8.72. The van der Waals surface area contributed by atoms with Crippen molar-refractivity contribution in [2.45, 2.75) is 23.8 Å². The van der Waals surface area contributed by atoms with E-state index in [1.54, 1.807) is 0 Å². The number of aromatic carboxylic acids is 1. The molecule has 2 N–H and O–H groups in total. The zero-order chi connectivity index (χ0) is 12.6. The van der Waals surface area contributed by atoms with E-state index in [1.165, 1.54) is 0 Å². The Balaban J connectivity index is 2.42. The predicted molar refractivity (Wildman–Crippen MR) is 56.7 cm³/mol. The minimum absolute atomic E-state index is 0.159. The van der Waals surface area contributed by atoms with Crippen LogP contribution in [0.4, 0.5) is 4.39 Å². The third-order valence-corrected chi connectivity index (χ3v) is 3.90. The summed E-state index contributed by atoms with van der Waals surface area (Å²) in [6.45, 7) is 0. The molecule has 1 aromatic rings. The number of rotatable bonds is 4. The average molecular weight is 259 g/mol. The normalized spacial score (nSPS) is 15.8. The first-order valence-corrected chi connectivity index (χ1v) is 6.43. The van der Waals surface area contributed by atoms with Crippen molar-refractivity contribution in [2.24, 2.45) is 0 Å². The molecular weight excluding hydrogens is 249 g/mol. The Morgan fingerprint density at radius 3 is 2.59 bits per heavy atom. The van der Waals surface area contributed by atoms with Crippen molar-refractivity contribution in [3.8, 4) is 0 Å². The van der Waals surface area contributed by atoms with Gasteiger partial charge in [-0.15, -0.1) is 0 Å². The Kier molecular flexibility index (Phi) is 2.88. The summed E-state index contributed by atoms with van der Waals surface area (Å²) in [4.78, 5) is 10.1. The molecule has 0 saturated heterocycles. The maximum Gasteiger partial charge on any atom is 0.335 e. The van der Waals surface area contributed by atoms with Gasteiger partial charge in [0, 0.05) is 6.04 Å². The van der Waals surface area contributed by atoms with Crippen LogP contribution in [0.1, 0.15) is 23.2 Å². The Labute approximate surface area is 97.3 Å². The summed E-state index contributed by atoms with van der Waals surface area (Å²) in [7, 11) is -3.97. The second kappa shape index (κ2) is 4.08. The van der Waals surface area contributed by atoms with Gasteiger partial charge in [-0.05, 0) is 31.0 Å². The molecular formula is C10H10FNO4S. The van der Waals surface area contributed by atoms with Crippen LogP contribution < -0.4 is 4.72 Å². The molecule has 0 aromatic heterocycles. The lowest BCUT2D eigenvalue weighted by atomic mass is 10.2. The van der Waals surface area contributed by atoms with Crippen molar-refractivity contribution in [2.75, 3.05) is 0 Å². The lowest BCUT2D eigenvalue weighted by Gasteiger charge is -2.07. The van der Waals surface area contributed by atoms with Gasteiger partial charge < -0.3 is 5.11 Å². The number of halogens is 1. The number of benzene rings is 1. The summed E-state index contributed by atoms with van der Waals surface area (Å²) in [6, 6.07) is 2.52. The van der Waals surface area contributed by atoms with Crippen molar-refractivity contribution in [3.63, 3.8) is 0 Å². The molecule has 0 unspecified atom stereocenters. The van der Waals surface area contributed by atoms with E-state index in [0.717, 1.165) is 31.0 Å². The first-order chi connectivity index (χ1) is 7.90. The van der Waals surface area contributed by atoms with Gasteiger partial charge in [-0.2, -0.15) is 0 Å². The number of sulfonamides is 1. The number of carboxylic acid groups (broad SMARTS) is 1. The zero-order valence-corrected chi connectivity index (χ0v) is 9.50. The van der Waals surface area contributed by atoms with Crippen LogP contribution >= 0.6 is 0 Å². The first-order valence-electron chi connectivity index (χ1n) is 4.95. The molecule has 2 rings (SSSR count). The van der Waals surface area contributed by atoms with E-state index in [1.807, 2.05) is 0 Å². The Bertz CT molecular complexity index is 566. The molecule has 7 heteroatoms. The fraction of sp³-hybridized carbons (Fsp3) is 0.300. The van der Waals surface area contributed by atoms with Gasteiger partial charge >= 0.3 is 5.97 Å². The molecule has 92 valence electrons. The van der Waals surface area contributed by atoms with Crippen molar-refractivity contribution < 1.29 is 22.7 Å². The van der Waals surface area contributed by atoms with E-state index >= 15 is 0 Å². The van der Waals surface area contributed by atoms with E-state index in [-0.39, 0.29) is 11.6 Å². The molecule has 0 radical (unpaired) electrons. The summed E-state index contributed by atoms with van der Waals surface area (Å²) in [5.41, 5.74) is -0.262. The SMILES string of the molecule is O=C(O)c1ccc(F)c(S(=O)(=O)NC2CC2)c1. The summed E-state index contributed by atoms with van der Waals surface area (Å²) < 4.78 is 39.1. The molecule has 5 nitrogen and oxygen atoms in total. The van der Waals surface area contributed by atoms with E-state index in [9.17, 15) is 17.6 Å². The highest BCUT2D eigenvalue weighted by atomic mass is 32.2. The Hall–Kier alpha value is -1.47. The van der Waals surface area contributed by atoms with Crippen molar-refractivity contribution >= 4 is 16.0 Å². The Morgan fingerprint density at radius 2 is 2.06 bits per heavy atom. The lowest BCUT2D eigenvalue weighted by Crippen LogP contribution is -2.26. The monoisotopic (exact) mass is 259 g/mol. The second-order valence-corrected chi connectivity index (χ2v) is 5.53. The van der Waals surface area contributed by atoms with E-state index in [2.05, 4.69) is 4.72 Å². The molecule has 1 aromatic carbocycles. The van der Waals surface area contributed by atoms with Crippen molar-refractivity contribution in [1.82, 2.24) is 4.72 Å². The van der Waals surface area contributed by atoms with E-state index in [0.29, 0.717) is 0 Å². The topological polar surface area (TPSA) is 83.5 Å². The highest BCUT2D eigenvalue weighted by molar-refractivity contribution is 7.89. The smallest absolute Gasteiger partial charge is 0.335 e. The summed E-state index contributed by atoms with van der Waals surface area (Å²) in [5.74, 6) is -2.25. The molecule has 0 spiro atoms. The summed E-state index contributed by atoms with van der Waals surface area (Å²) in [6.07, 6.45) is 1.44. The van der Waals surface area contributed by atoms with Crippen molar-refractivity contribution in [3.05, 3.63) is 29.6 Å². The maximum atomic E-state index is 13.4. The van der Waals surface area contributed by atoms with Crippen LogP contribution in [0.5, 0.6) is 0 Å². The molecule has 0 aliphatic heterocycles. The van der Waals surface area contributed by atoms with Crippen LogP contribution in [0.15, 0.2) is 23.1 Å². The highest BCUT2D eigenvalue weighted by Gasteiger charge is 2.30. The van der Waals surface area contributed by atoms with Crippen LogP contribution in [-0.2, 0) is 10.0 Å². The van der Waals surface area contributed by atoms with Gasteiger partial charge in [-0.1, -0.05) is 0 Å². The number of hydrogen-bond donors (Lipinski definition) is 2.